The molecule has 6 heteroatoms. The predicted molar refractivity (Wildman–Crippen MR) is 130 cm³/mol. The van der Waals surface area contributed by atoms with E-state index < -0.39 is 29.4 Å². The Kier molecular flexibility index (Phi) is 8.74. The Labute approximate surface area is 206 Å². The van der Waals surface area contributed by atoms with Gasteiger partial charge in [0.15, 0.2) is 23.2 Å². The summed E-state index contributed by atoms with van der Waals surface area (Å²) in [5, 5.41) is 0. The lowest BCUT2D eigenvalue weighted by molar-refractivity contribution is 0.0695. The molecule has 0 saturated heterocycles. The first-order valence-corrected chi connectivity index (χ1v) is 13.1. The van der Waals surface area contributed by atoms with Crippen LogP contribution in [0.1, 0.15) is 76.7 Å². The molecule has 1 aromatic rings. The van der Waals surface area contributed by atoms with E-state index in [0.717, 1.165) is 32.1 Å². The van der Waals surface area contributed by atoms with Crippen molar-refractivity contribution in [3.63, 3.8) is 0 Å². The molecule has 0 spiro atoms. The van der Waals surface area contributed by atoms with Crippen LogP contribution in [0, 0.1) is 29.4 Å². The van der Waals surface area contributed by atoms with Crippen LogP contribution in [0.15, 0.2) is 47.6 Å². The van der Waals surface area contributed by atoms with Crippen molar-refractivity contribution in [3.8, 4) is 5.75 Å². The number of benzene rings is 1. The van der Waals surface area contributed by atoms with Crippen molar-refractivity contribution in [3.05, 3.63) is 64.8 Å². The monoisotopic (exact) mass is 492 g/mol. The van der Waals surface area contributed by atoms with Crippen molar-refractivity contribution in [2.24, 2.45) is 17.8 Å². The standard InChI is InChI=1S/C29H36F4O2/c1-3-18-5-9-20(10-6-18)23-14-16-25(29(33)27(23)31)35-17-19-7-11-21(12-8-19)22-13-15-24(34-4-2)28(32)26(22)30/h7,11,13-14,16,18-21,24H,3-6,8-10,12,15,17H2,1-2H3. The second-order valence-corrected chi connectivity index (χ2v) is 10.0. The van der Waals surface area contributed by atoms with Crippen LogP contribution >= 0.6 is 0 Å². The van der Waals surface area contributed by atoms with Crippen molar-refractivity contribution < 1.29 is 27.0 Å². The minimum atomic E-state index is -0.920. The molecule has 2 nitrogen and oxygen atoms in total. The Morgan fingerprint density at radius 2 is 1.66 bits per heavy atom. The maximum absolute atomic E-state index is 14.8. The molecule has 0 N–H and O–H groups in total. The zero-order valence-electron chi connectivity index (χ0n) is 20.7. The molecule has 0 aliphatic heterocycles. The van der Waals surface area contributed by atoms with Gasteiger partial charge >= 0.3 is 0 Å². The first-order valence-electron chi connectivity index (χ1n) is 13.1. The molecule has 1 aromatic carbocycles. The molecule has 3 unspecified atom stereocenters. The average molecular weight is 493 g/mol. The molecule has 3 aliphatic carbocycles. The van der Waals surface area contributed by atoms with Crippen LogP contribution in [0.25, 0.3) is 0 Å². The van der Waals surface area contributed by atoms with E-state index in [-0.39, 0.29) is 30.1 Å². The molecular formula is C29H36F4O2. The summed E-state index contributed by atoms with van der Waals surface area (Å²) >= 11 is 0. The molecule has 0 amide bonds. The molecule has 0 radical (unpaired) electrons. The highest BCUT2D eigenvalue weighted by Crippen LogP contribution is 2.40. The van der Waals surface area contributed by atoms with E-state index in [1.807, 2.05) is 12.2 Å². The van der Waals surface area contributed by atoms with Crippen LogP contribution in [-0.2, 0) is 4.74 Å². The molecule has 0 heterocycles. The summed E-state index contributed by atoms with van der Waals surface area (Å²) < 4.78 is 69.4. The third-order valence-electron chi connectivity index (χ3n) is 7.92. The van der Waals surface area contributed by atoms with Crippen LogP contribution in [0.5, 0.6) is 5.75 Å². The molecule has 4 rings (SSSR count). The van der Waals surface area contributed by atoms with Crippen LogP contribution in [0.4, 0.5) is 17.6 Å². The summed E-state index contributed by atoms with van der Waals surface area (Å²) in [6.07, 6.45) is 11.3. The first kappa shape index (κ1) is 26.0. The molecule has 1 saturated carbocycles. The number of allylic oxidation sites excluding steroid dienone is 3. The molecule has 3 atom stereocenters. The van der Waals surface area contributed by atoms with Gasteiger partial charge in [0.25, 0.3) is 0 Å². The molecule has 3 aliphatic rings. The van der Waals surface area contributed by atoms with E-state index in [0.29, 0.717) is 42.9 Å². The fourth-order valence-corrected chi connectivity index (χ4v) is 5.69. The number of hydrogen-bond acceptors (Lipinski definition) is 2. The van der Waals surface area contributed by atoms with E-state index in [9.17, 15) is 17.6 Å². The number of hydrogen-bond donors (Lipinski definition) is 0. The minimum absolute atomic E-state index is 0.00467. The first-order chi connectivity index (χ1) is 16.9. The van der Waals surface area contributed by atoms with Crippen molar-refractivity contribution in [2.75, 3.05) is 13.2 Å². The van der Waals surface area contributed by atoms with Crippen molar-refractivity contribution in [1.82, 2.24) is 0 Å². The summed E-state index contributed by atoms with van der Waals surface area (Å²) in [6, 6.07) is 3.21. The SMILES string of the molecule is CCOC1CC=C(C2C=CC(COc3ccc(C4CCC(CC)CC4)c(F)c3F)CC2)C(F)=C1F. The van der Waals surface area contributed by atoms with Crippen LogP contribution < -0.4 is 4.74 Å². The van der Waals surface area contributed by atoms with E-state index >= 15 is 0 Å². The zero-order chi connectivity index (χ0) is 24.9. The number of halogens is 4. The van der Waals surface area contributed by atoms with Gasteiger partial charge in [-0.15, -0.1) is 0 Å². The van der Waals surface area contributed by atoms with Crippen LogP contribution in [0.2, 0.25) is 0 Å². The molecular weight excluding hydrogens is 456 g/mol. The Hall–Kier alpha value is -2.08. The van der Waals surface area contributed by atoms with E-state index in [4.69, 9.17) is 9.47 Å². The second kappa shape index (κ2) is 11.8. The molecule has 35 heavy (non-hydrogen) atoms. The normalized spacial score (nSPS) is 29.3. The lowest BCUT2D eigenvalue weighted by Crippen LogP contribution is -2.22. The van der Waals surface area contributed by atoms with Gasteiger partial charge in [-0.2, -0.15) is 4.39 Å². The Morgan fingerprint density at radius 3 is 2.31 bits per heavy atom. The Balaban J connectivity index is 1.33. The molecule has 192 valence electrons. The quantitative estimate of drug-likeness (QED) is 0.268. The largest absolute Gasteiger partial charge is 0.490 e. The third-order valence-corrected chi connectivity index (χ3v) is 7.92. The fraction of sp³-hybridized carbons (Fsp3) is 0.586. The minimum Gasteiger partial charge on any atom is -0.490 e. The van der Waals surface area contributed by atoms with Gasteiger partial charge in [-0.25, -0.2) is 13.2 Å². The lowest BCUT2D eigenvalue weighted by Gasteiger charge is -2.29. The highest BCUT2D eigenvalue weighted by molar-refractivity contribution is 5.38. The van der Waals surface area contributed by atoms with Gasteiger partial charge in [-0.3, -0.25) is 0 Å². The summed E-state index contributed by atoms with van der Waals surface area (Å²) in [4.78, 5) is 0. The topological polar surface area (TPSA) is 18.5 Å². The van der Waals surface area contributed by atoms with E-state index in [1.54, 1.807) is 25.1 Å². The van der Waals surface area contributed by atoms with Gasteiger partial charge in [0.2, 0.25) is 5.82 Å². The molecule has 0 bridgehead atoms. The van der Waals surface area contributed by atoms with Crippen molar-refractivity contribution >= 4 is 0 Å². The number of rotatable bonds is 8. The molecule has 1 fully saturated rings. The Morgan fingerprint density at radius 1 is 0.886 bits per heavy atom. The Bertz CT molecular complexity index is 975. The van der Waals surface area contributed by atoms with Gasteiger partial charge in [-0.1, -0.05) is 37.6 Å². The lowest BCUT2D eigenvalue weighted by atomic mass is 9.77. The van der Waals surface area contributed by atoms with E-state index in [2.05, 4.69) is 6.92 Å². The van der Waals surface area contributed by atoms with Crippen molar-refractivity contribution in [2.45, 2.75) is 77.2 Å². The van der Waals surface area contributed by atoms with E-state index in [1.165, 1.54) is 0 Å². The maximum Gasteiger partial charge on any atom is 0.200 e. The summed E-state index contributed by atoms with van der Waals surface area (Å²) in [5.74, 6) is -2.89. The average Bonchev–Trinajstić information content (AvgIpc) is 2.88. The maximum atomic E-state index is 14.8. The smallest absolute Gasteiger partial charge is 0.200 e. The van der Waals surface area contributed by atoms with Gasteiger partial charge in [0.05, 0.1) is 6.61 Å². The van der Waals surface area contributed by atoms with Gasteiger partial charge in [-0.05, 0) is 80.9 Å². The van der Waals surface area contributed by atoms with Gasteiger partial charge in [0.1, 0.15) is 6.10 Å². The summed E-state index contributed by atoms with van der Waals surface area (Å²) in [6.45, 7) is 4.47. The second-order valence-electron chi connectivity index (χ2n) is 10.0. The third kappa shape index (κ3) is 5.84. The zero-order valence-corrected chi connectivity index (χ0v) is 20.7. The predicted octanol–water partition coefficient (Wildman–Crippen LogP) is 8.50. The van der Waals surface area contributed by atoms with Crippen molar-refractivity contribution in [1.29, 1.82) is 0 Å². The summed E-state index contributed by atoms with van der Waals surface area (Å²) in [7, 11) is 0. The highest BCUT2D eigenvalue weighted by atomic mass is 19.2. The van der Waals surface area contributed by atoms with Crippen LogP contribution in [-0.4, -0.2) is 19.3 Å². The molecule has 0 aromatic heterocycles. The summed E-state index contributed by atoms with van der Waals surface area (Å²) in [5.41, 5.74) is 0.824. The highest BCUT2D eigenvalue weighted by Gasteiger charge is 2.31. The van der Waals surface area contributed by atoms with Gasteiger partial charge < -0.3 is 9.47 Å². The number of ether oxygens (including phenoxy) is 2. The fourth-order valence-electron chi connectivity index (χ4n) is 5.69. The van der Waals surface area contributed by atoms with Gasteiger partial charge in [0, 0.05) is 18.4 Å². The van der Waals surface area contributed by atoms with Crippen LogP contribution in [0.3, 0.4) is 0 Å².